The maximum Gasteiger partial charge on any atom is 0.416 e. The fourth-order valence-electron chi connectivity index (χ4n) is 1.07. The summed E-state index contributed by atoms with van der Waals surface area (Å²) in [7, 11) is 0. The summed E-state index contributed by atoms with van der Waals surface area (Å²) in [5, 5.41) is 8.92. The quantitative estimate of drug-likeness (QED) is 0.875. The van der Waals surface area contributed by atoms with Crippen molar-refractivity contribution in [1.82, 2.24) is 0 Å². The molecule has 0 bridgehead atoms. The molecule has 0 heterocycles. The predicted octanol–water partition coefficient (Wildman–Crippen LogP) is 2.37. The minimum absolute atomic E-state index is 0.239. The van der Waals surface area contributed by atoms with Gasteiger partial charge in [-0.3, -0.25) is 0 Å². The van der Waals surface area contributed by atoms with Crippen molar-refractivity contribution in [2.75, 3.05) is 0 Å². The minimum Gasteiger partial charge on any atom is -0.382 e. The Morgan fingerprint density at radius 1 is 1.20 bits per heavy atom. The van der Waals surface area contributed by atoms with Gasteiger partial charge in [0.05, 0.1) is 6.04 Å². The smallest absolute Gasteiger partial charge is 0.382 e. The van der Waals surface area contributed by atoms with Crippen LogP contribution in [0.3, 0.4) is 0 Å². The molecule has 6 heteroatoms. The van der Waals surface area contributed by atoms with Crippen molar-refractivity contribution in [2.45, 2.75) is 18.3 Å². The molecule has 15 heavy (non-hydrogen) atoms. The highest BCUT2D eigenvalue weighted by molar-refractivity contribution is 9.10. The van der Waals surface area contributed by atoms with Crippen LogP contribution in [0, 0.1) is 0 Å². The molecule has 1 aromatic rings. The molecule has 0 spiro atoms. The van der Waals surface area contributed by atoms with Gasteiger partial charge in [-0.1, -0.05) is 28.1 Å². The van der Waals surface area contributed by atoms with E-state index < -0.39 is 18.3 Å². The number of aliphatic hydroxyl groups is 1. The summed E-state index contributed by atoms with van der Waals surface area (Å²) in [5.41, 5.74) is 5.53. The summed E-state index contributed by atoms with van der Waals surface area (Å²) in [6.07, 6.45) is -7.24. The lowest BCUT2D eigenvalue weighted by molar-refractivity contribution is -0.210. The first kappa shape index (κ1) is 12.5. The van der Waals surface area contributed by atoms with Crippen LogP contribution < -0.4 is 5.73 Å². The van der Waals surface area contributed by atoms with E-state index >= 15 is 0 Å². The average Bonchev–Trinajstić information content (AvgIpc) is 2.15. The normalized spacial score (nSPS) is 16.1. The molecule has 2 nitrogen and oxygen atoms in total. The van der Waals surface area contributed by atoms with Gasteiger partial charge in [0, 0.05) is 4.47 Å². The number of hydrogen-bond acceptors (Lipinski definition) is 2. The first-order chi connectivity index (χ1) is 6.82. The maximum atomic E-state index is 12.1. The van der Waals surface area contributed by atoms with E-state index in [-0.39, 0.29) is 5.56 Å². The Morgan fingerprint density at radius 3 is 2.07 bits per heavy atom. The molecule has 0 unspecified atom stereocenters. The zero-order valence-corrected chi connectivity index (χ0v) is 9.09. The molecule has 0 saturated carbocycles. The number of benzene rings is 1. The molecule has 0 saturated heterocycles. The fourth-order valence-corrected chi connectivity index (χ4v) is 1.34. The van der Waals surface area contributed by atoms with Gasteiger partial charge in [0.2, 0.25) is 0 Å². The van der Waals surface area contributed by atoms with Crippen molar-refractivity contribution in [1.29, 1.82) is 0 Å². The van der Waals surface area contributed by atoms with Crippen molar-refractivity contribution in [2.24, 2.45) is 5.73 Å². The van der Waals surface area contributed by atoms with Crippen LogP contribution in [0.5, 0.6) is 0 Å². The van der Waals surface area contributed by atoms with Crippen molar-refractivity contribution in [3.05, 3.63) is 34.3 Å². The number of rotatable bonds is 2. The predicted molar refractivity (Wildman–Crippen MR) is 53.1 cm³/mol. The van der Waals surface area contributed by atoms with Crippen LogP contribution >= 0.6 is 15.9 Å². The van der Waals surface area contributed by atoms with E-state index in [1.54, 1.807) is 12.1 Å². The van der Waals surface area contributed by atoms with E-state index in [9.17, 15) is 13.2 Å². The number of aliphatic hydroxyl groups excluding tert-OH is 1. The monoisotopic (exact) mass is 283 g/mol. The summed E-state index contributed by atoms with van der Waals surface area (Å²) in [4.78, 5) is 0. The molecular formula is C9H9BrF3NO. The van der Waals surface area contributed by atoms with E-state index in [1.165, 1.54) is 12.1 Å². The second-order valence-corrected chi connectivity index (χ2v) is 3.98. The number of halogens is 4. The second kappa shape index (κ2) is 4.51. The number of hydrogen-bond donors (Lipinski definition) is 2. The molecule has 1 aromatic carbocycles. The molecule has 0 aliphatic carbocycles. The summed E-state index contributed by atoms with van der Waals surface area (Å²) >= 11 is 3.15. The van der Waals surface area contributed by atoms with Gasteiger partial charge in [-0.05, 0) is 17.7 Å². The lowest BCUT2D eigenvalue weighted by Crippen LogP contribution is -2.38. The molecule has 0 amide bonds. The highest BCUT2D eigenvalue weighted by atomic mass is 79.9. The number of alkyl halides is 3. The van der Waals surface area contributed by atoms with Gasteiger partial charge >= 0.3 is 6.18 Å². The maximum absolute atomic E-state index is 12.1. The number of nitrogens with two attached hydrogens (primary N) is 1. The van der Waals surface area contributed by atoms with E-state index in [1.807, 2.05) is 0 Å². The topological polar surface area (TPSA) is 46.2 Å². The Hall–Kier alpha value is -0.590. The average molecular weight is 284 g/mol. The zero-order chi connectivity index (χ0) is 11.6. The van der Waals surface area contributed by atoms with Crippen LogP contribution in [0.25, 0.3) is 0 Å². The SMILES string of the molecule is N[C@H](c1ccc(Br)cc1)[C@@H](O)C(F)(F)F. The van der Waals surface area contributed by atoms with Crippen molar-refractivity contribution in [3.63, 3.8) is 0 Å². The van der Waals surface area contributed by atoms with Crippen LogP contribution in [-0.4, -0.2) is 17.4 Å². The van der Waals surface area contributed by atoms with Crippen molar-refractivity contribution >= 4 is 15.9 Å². The van der Waals surface area contributed by atoms with Gasteiger partial charge in [0.15, 0.2) is 6.10 Å². The summed E-state index contributed by atoms with van der Waals surface area (Å²) < 4.78 is 37.1. The van der Waals surface area contributed by atoms with Gasteiger partial charge in [-0.2, -0.15) is 13.2 Å². The molecule has 0 aromatic heterocycles. The zero-order valence-electron chi connectivity index (χ0n) is 7.50. The first-order valence-corrected chi connectivity index (χ1v) is 4.87. The van der Waals surface area contributed by atoms with Crippen LogP contribution in [-0.2, 0) is 0 Å². The summed E-state index contributed by atoms with van der Waals surface area (Å²) in [6, 6.07) is 4.54. The van der Waals surface area contributed by atoms with Crippen LogP contribution in [0.15, 0.2) is 28.7 Å². The van der Waals surface area contributed by atoms with E-state index in [2.05, 4.69) is 15.9 Å². The Morgan fingerprint density at radius 2 is 1.67 bits per heavy atom. The summed E-state index contributed by atoms with van der Waals surface area (Å²) in [6.45, 7) is 0. The fraction of sp³-hybridized carbons (Fsp3) is 0.333. The molecule has 84 valence electrons. The van der Waals surface area contributed by atoms with E-state index in [4.69, 9.17) is 10.8 Å². The van der Waals surface area contributed by atoms with Gasteiger partial charge in [0.1, 0.15) is 0 Å². The Labute approximate surface area is 93.0 Å². The minimum atomic E-state index is -4.70. The molecule has 1 rings (SSSR count). The lowest BCUT2D eigenvalue weighted by Gasteiger charge is -2.21. The van der Waals surface area contributed by atoms with Crippen molar-refractivity contribution < 1.29 is 18.3 Å². The Bertz CT molecular complexity index is 325. The molecule has 2 atom stereocenters. The van der Waals surface area contributed by atoms with E-state index in [0.29, 0.717) is 0 Å². The largest absolute Gasteiger partial charge is 0.416 e. The molecule has 0 aliphatic rings. The highest BCUT2D eigenvalue weighted by Gasteiger charge is 2.42. The standard InChI is InChI=1S/C9H9BrF3NO/c10-6-3-1-5(2-4-6)7(14)8(15)9(11,12)13/h1-4,7-8,15H,14H2/t7-,8-/m1/s1. The van der Waals surface area contributed by atoms with Gasteiger partial charge in [-0.25, -0.2) is 0 Å². The third kappa shape index (κ3) is 3.19. The molecule has 3 N–H and O–H groups in total. The van der Waals surface area contributed by atoms with Gasteiger partial charge in [-0.15, -0.1) is 0 Å². The second-order valence-electron chi connectivity index (χ2n) is 3.06. The highest BCUT2D eigenvalue weighted by Crippen LogP contribution is 2.28. The van der Waals surface area contributed by atoms with E-state index in [0.717, 1.165) is 4.47 Å². The molecule has 0 radical (unpaired) electrons. The molecule has 0 fully saturated rings. The van der Waals surface area contributed by atoms with Gasteiger partial charge in [0.25, 0.3) is 0 Å². The van der Waals surface area contributed by atoms with Crippen LogP contribution in [0.2, 0.25) is 0 Å². The van der Waals surface area contributed by atoms with Crippen LogP contribution in [0.4, 0.5) is 13.2 Å². The Kier molecular flexibility index (Phi) is 3.75. The lowest BCUT2D eigenvalue weighted by atomic mass is 10.0. The van der Waals surface area contributed by atoms with Crippen molar-refractivity contribution in [3.8, 4) is 0 Å². The third-order valence-electron chi connectivity index (χ3n) is 1.93. The van der Waals surface area contributed by atoms with Crippen LogP contribution in [0.1, 0.15) is 11.6 Å². The summed E-state index contributed by atoms with van der Waals surface area (Å²) in [5.74, 6) is 0. The third-order valence-corrected chi connectivity index (χ3v) is 2.46. The Balaban J connectivity index is 2.85. The molecular weight excluding hydrogens is 275 g/mol. The van der Waals surface area contributed by atoms with Gasteiger partial charge < -0.3 is 10.8 Å². The first-order valence-electron chi connectivity index (χ1n) is 4.08. The molecule has 0 aliphatic heterocycles.